The number of carboxylic acid groups (broad SMARTS) is 1. The van der Waals surface area contributed by atoms with Crippen molar-refractivity contribution < 1.29 is 9.90 Å². The molecule has 0 aliphatic rings. The van der Waals surface area contributed by atoms with E-state index in [0.29, 0.717) is 11.0 Å². The molecule has 0 aliphatic carbocycles. The van der Waals surface area contributed by atoms with E-state index >= 15 is 0 Å². The lowest BCUT2D eigenvalue weighted by Crippen LogP contribution is -2.19. The van der Waals surface area contributed by atoms with Crippen molar-refractivity contribution in [1.82, 2.24) is 9.97 Å². The monoisotopic (exact) mass is 220 g/mol. The van der Waals surface area contributed by atoms with Crippen LogP contribution >= 0.6 is 0 Å². The number of fused-ring (bicyclic) bond motifs is 1. The quantitative estimate of drug-likeness (QED) is 0.765. The second-order valence-corrected chi connectivity index (χ2v) is 2.74. The van der Waals surface area contributed by atoms with Crippen LogP contribution in [0.4, 0.5) is 0 Å². The van der Waals surface area contributed by atoms with Gasteiger partial charge in [0.1, 0.15) is 0 Å². The van der Waals surface area contributed by atoms with Crippen molar-refractivity contribution in [3.05, 3.63) is 40.3 Å². The van der Waals surface area contributed by atoms with Gasteiger partial charge in [0, 0.05) is 0 Å². The van der Waals surface area contributed by atoms with Crippen molar-refractivity contribution in [1.29, 1.82) is 0 Å². The van der Waals surface area contributed by atoms with Gasteiger partial charge >= 0.3 is 5.97 Å². The predicted molar refractivity (Wildman–Crippen MR) is 60.7 cm³/mol. The molecule has 84 valence electrons. The highest BCUT2D eigenvalue weighted by molar-refractivity contribution is 5.87. The van der Waals surface area contributed by atoms with E-state index < -0.39 is 17.2 Å². The third kappa shape index (κ3) is 2.25. The van der Waals surface area contributed by atoms with Gasteiger partial charge in [0.05, 0.1) is 11.0 Å². The van der Waals surface area contributed by atoms with Crippen molar-refractivity contribution in [3.63, 3.8) is 0 Å². The molecule has 5 heteroatoms. The van der Waals surface area contributed by atoms with E-state index in [2.05, 4.69) is 9.97 Å². The summed E-state index contributed by atoms with van der Waals surface area (Å²) < 4.78 is 0. The lowest BCUT2D eigenvalue weighted by atomic mass is 10.3. The average molecular weight is 220 g/mol. The molecule has 1 heterocycles. The minimum atomic E-state index is -1.32. The number of carbonyl (C=O) groups is 1. The molecule has 0 bridgehead atoms. The molecule has 16 heavy (non-hydrogen) atoms. The SMILES string of the molecule is CC.O=C(O)c1nc2ccccc2[nH]c1=O. The molecular weight excluding hydrogens is 208 g/mol. The Kier molecular flexibility index (Phi) is 3.77. The molecule has 0 unspecified atom stereocenters. The maximum absolute atomic E-state index is 11.2. The third-order valence-electron chi connectivity index (χ3n) is 1.80. The lowest BCUT2D eigenvalue weighted by Gasteiger charge is -1.97. The van der Waals surface area contributed by atoms with E-state index in [1.807, 2.05) is 13.8 Å². The summed E-state index contributed by atoms with van der Waals surface area (Å²) in [7, 11) is 0. The highest BCUT2D eigenvalue weighted by Gasteiger charge is 2.10. The maximum atomic E-state index is 11.2. The second-order valence-electron chi connectivity index (χ2n) is 2.74. The zero-order chi connectivity index (χ0) is 12.1. The van der Waals surface area contributed by atoms with Crippen LogP contribution in [0, 0.1) is 0 Å². The van der Waals surface area contributed by atoms with Crippen molar-refractivity contribution in [2.24, 2.45) is 0 Å². The molecule has 0 saturated carbocycles. The topological polar surface area (TPSA) is 83.0 Å². The summed E-state index contributed by atoms with van der Waals surface area (Å²) in [4.78, 5) is 27.9. The molecule has 0 saturated heterocycles. The number of nitrogens with one attached hydrogen (secondary N) is 1. The number of H-pyrrole nitrogens is 1. The number of rotatable bonds is 1. The first-order valence-corrected chi connectivity index (χ1v) is 4.91. The normalized spacial score (nSPS) is 9.38. The Balaban J connectivity index is 0.000000606. The molecule has 2 N–H and O–H groups in total. The van der Waals surface area contributed by atoms with E-state index in [1.54, 1.807) is 24.3 Å². The number of aromatic amines is 1. The zero-order valence-electron chi connectivity index (χ0n) is 9.02. The number of aromatic carboxylic acids is 1. The van der Waals surface area contributed by atoms with Crippen LogP contribution in [-0.2, 0) is 0 Å². The van der Waals surface area contributed by atoms with Gasteiger partial charge in [-0.3, -0.25) is 4.79 Å². The van der Waals surface area contributed by atoms with Crippen LogP contribution < -0.4 is 5.56 Å². The Labute approximate surface area is 91.8 Å². The van der Waals surface area contributed by atoms with Gasteiger partial charge in [-0.25, -0.2) is 9.78 Å². The van der Waals surface area contributed by atoms with Crippen LogP contribution in [0.25, 0.3) is 11.0 Å². The van der Waals surface area contributed by atoms with E-state index in [4.69, 9.17) is 5.11 Å². The average Bonchev–Trinajstić information content (AvgIpc) is 2.30. The molecule has 0 radical (unpaired) electrons. The molecule has 0 fully saturated rings. The minimum Gasteiger partial charge on any atom is -0.476 e. The van der Waals surface area contributed by atoms with E-state index in [-0.39, 0.29) is 0 Å². The first-order valence-electron chi connectivity index (χ1n) is 4.91. The number of nitrogens with zero attached hydrogens (tertiary/aromatic N) is 1. The molecule has 2 aromatic rings. The van der Waals surface area contributed by atoms with Gasteiger partial charge in [-0.05, 0) is 12.1 Å². The summed E-state index contributed by atoms with van der Waals surface area (Å²) >= 11 is 0. The third-order valence-corrected chi connectivity index (χ3v) is 1.80. The summed E-state index contributed by atoms with van der Waals surface area (Å²) in [5.74, 6) is -1.32. The Hall–Kier alpha value is -2.17. The Morgan fingerprint density at radius 2 is 1.94 bits per heavy atom. The van der Waals surface area contributed by atoms with Gasteiger partial charge in [-0.15, -0.1) is 0 Å². The molecule has 0 amide bonds. The molecule has 1 aromatic carbocycles. The number of para-hydroxylation sites is 2. The van der Waals surface area contributed by atoms with E-state index in [1.165, 1.54) is 0 Å². The molecule has 1 aromatic heterocycles. The number of aromatic nitrogens is 2. The smallest absolute Gasteiger partial charge is 0.360 e. The largest absolute Gasteiger partial charge is 0.476 e. The summed E-state index contributed by atoms with van der Waals surface area (Å²) in [6.07, 6.45) is 0. The number of benzene rings is 1. The Bertz CT molecular complexity index is 560. The Morgan fingerprint density at radius 1 is 1.31 bits per heavy atom. The van der Waals surface area contributed by atoms with Crippen LogP contribution in [0.2, 0.25) is 0 Å². The zero-order valence-corrected chi connectivity index (χ0v) is 9.02. The van der Waals surface area contributed by atoms with Gasteiger partial charge in [-0.2, -0.15) is 0 Å². The fourth-order valence-electron chi connectivity index (χ4n) is 1.17. The van der Waals surface area contributed by atoms with Gasteiger partial charge < -0.3 is 10.1 Å². The molecule has 2 rings (SSSR count). The minimum absolute atomic E-state index is 0.463. The molecule has 5 nitrogen and oxygen atoms in total. The maximum Gasteiger partial charge on any atom is 0.360 e. The van der Waals surface area contributed by atoms with Crippen molar-refractivity contribution in [2.45, 2.75) is 13.8 Å². The van der Waals surface area contributed by atoms with Crippen LogP contribution in [-0.4, -0.2) is 21.0 Å². The fourth-order valence-corrected chi connectivity index (χ4v) is 1.17. The van der Waals surface area contributed by atoms with Crippen LogP contribution in [0.5, 0.6) is 0 Å². The van der Waals surface area contributed by atoms with Crippen molar-refractivity contribution in [3.8, 4) is 0 Å². The second kappa shape index (κ2) is 5.06. The summed E-state index contributed by atoms with van der Waals surface area (Å²) in [5, 5.41) is 8.64. The first-order chi connectivity index (χ1) is 7.68. The van der Waals surface area contributed by atoms with Gasteiger partial charge in [0.25, 0.3) is 5.56 Å². The van der Waals surface area contributed by atoms with E-state index in [0.717, 1.165) is 0 Å². The molecule has 0 aliphatic heterocycles. The Morgan fingerprint density at radius 3 is 2.56 bits per heavy atom. The highest BCUT2D eigenvalue weighted by Crippen LogP contribution is 2.05. The number of hydrogen-bond acceptors (Lipinski definition) is 3. The van der Waals surface area contributed by atoms with Crippen LogP contribution in [0.3, 0.4) is 0 Å². The first kappa shape index (κ1) is 11.9. The number of carboxylic acids is 1. The summed E-state index contributed by atoms with van der Waals surface area (Å²) in [6, 6.07) is 6.76. The fraction of sp³-hybridized carbons (Fsp3) is 0.182. The predicted octanol–water partition coefficient (Wildman–Crippen LogP) is 1.65. The van der Waals surface area contributed by atoms with Gasteiger partial charge in [-0.1, -0.05) is 26.0 Å². The molecule has 0 spiro atoms. The van der Waals surface area contributed by atoms with Crippen LogP contribution in [0.15, 0.2) is 29.1 Å². The van der Waals surface area contributed by atoms with Crippen molar-refractivity contribution in [2.75, 3.05) is 0 Å². The summed E-state index contributed by atoms with van der Waals surface area (Å²) in [6.45, 7) is 4.00. The summed E-state index contributed by atoms with van der Waals surface area (Å²) in [5.41, 5.74) is -0.174. The lowest BCUT2D eigenvalue weighted by molar-refractivity contribution is 0.0689. The van der Waals surface area contributed by atoms with Crippen molar-refractivity contribution >= 4 is 17.0 Å². The molecule has 0 atom stereocenters. The standard InChI is InChI=1S/C9H6N2O3.C2H6/c12-8-7(9(13)14)10-5-3-1-2-4-6(5)11-8;1-2/h1-4H,(H,11,12)(H,13,14);1-2H3. The molecular formula is C11H12N2O3. The van der Waals surface area contributed by atoms with Crippen LogP contribution in [0.1, 0.15) is 24.3 Å². The highest BCUT2D eigenvalue weighted by atomic mass is 16.4. The van der Waals surface area contributed by atoms with Gasteiger partial charge in [0.2, 0.25) is 5.69 Å². The van der Waals surface area contributed by atoms with E-state index in [9.17, 15) is 9.59 Å². The van der Waals surface area contributed by atoms with Gasteiger partial charge in [0.15, 0.2) is 0 Å². The number of hydrogen-bond donors (Lipinski definition) is 2.